The van der Waals surface area contributed by atoms with Gasteiger partial charge in [0.05, 0.1) is 0 Å². The SMILES string of the molecule is C.C.C.CC.CC.CC(C)c1ccc(C(C)C)cc1.CCc1cccc(C(C)C)c1. The van der Waals surface area contributed by atoms with E-state index in [4.69, 9.17) is 0 Å². The summed E-state index contributed by atoms with van der Waals surface area (Å²) in [5, 5.41) is 0. The lowest BCUT2D eigenvalue weighted by atomic mass is 9.97. The first kappa shape index (κ1) is 39.0. The highest BCUT2D eigenvalue weighted by Gasteiger charge is 2.00. The standard InChI is InChI=1S/C12H18.C11H16.2C2H6.3CH4/c1-9(2)11-5-7-12(8-6-11)10(3)4;1-4-10-6-5-7-11(8-10)9(2)3;2*1-2;;;/h5-10H,1-4H3;5-9H,4H2,1-3H3;2*1-2H3;3*1H4. The maximum absolute atomic E-state index is 2.30. The molecule has 0 amide bonds. The van der Waals surface area contributed by atoms with Gasteiger partial charge in [0.15, 0.2) is 0 Å². The van der Waals surface area contributed by atoms with Crippen molar-refractivity contribution >= 4 is 0 Å². The van der Waals surface area contributed by atoms with Gasteiger partial charge < -0.3 is 0 Å². The van der Waals surface area contributed by atoms with Gasteiger partial charge in [-0.1, -0.05) is 147 Å². The summed E-state index contributed by atoms with van der Waals surface area (Å²) in [5.74, 6) is 1.94. The molecule has 0 aromatic heterocycles. The topological polar surface area (TPSA) is 0 Å². The molecule has 30 heavy (non-hydrogen) atoms. The van der Waals surface area contributed by atoms with Crippen LogP contribution in [0.4, 0.5) is 0 Å². The van der Waals surface area contributed by atoms with Gasteiger partial charge in [-0.3, -0.25) is 0 Å². The molecular formula is C30H58. The number of hydrogen-bond acceptors (Lipinski definition) is 0. The highest BCUT2D eigenvalue weighted by molar-refractivity contribution is 5.26. The van der Waals surface area contributed by atoms with Crippen molar-refractivity contribution in [1.82, 2.24) is 0 Å². The van der Waals surface area contributed by atoms with Crippen LogP contribution in [0.1, 0.15) is 138 Å². The summed E-state index contributed by atoms with van der Waals surface area (Å²) in [6.07, 6.45) is 1.14. The fourth-order valence-corrected chi connectivity index (χ4v) is 2.44. The minimum atomic E-state index is 0. The van der Waals surface area contributed by atoms with Crippen LogP contribution in [0.5, 0.6) is 0 Å². The van der Waals surface area contributed by atoms with Crippen molar-refractivity contribution in [2.75, 3.05) is 0 Å². The summed E-state index contributed by atoms with van der Waals surface area (Å²) in [7, 11) is 0. The molecule has 0 fully saturated rings. The van der Waals surface area contributed by atoms with Gasteiger partial charge in [0.1, 0.15) is 0 Å². The second-order valence-electron chi connectivity index (χ2n) is 7.23. The van der Waals surface area contributed by atoms with E-state index in [1.54, 1.807) is 0 Å². The molecule has 0 heterocycles. The van der Waals surface area contributed by atoms with Gasteiger partial charge in [0.2, 0.25) is 0 Å². The van der Waals surface area contributed by atoms with Crippen molar-refractivity contribution in [2.24, 2.45) is 0 Å². The van der Waals surface area contributed by atoms with E-state index in [-0.39, 0.29) is 22.3 Å². The smallest absolute Gasteiger partial charge is 0.0219 e. The predicted octanol–water partition coefficient (Wildman–Crippen LogP) is 11.3. The predicted molar refractivity (Wildman–Crippen MR) is 147 cm³/mol. The maximum Gasteiger partial charge on any atom is -0.0219 e. The highest BCUT2D eigenvalue weighted by atomic mass is 14.1. The zero-order valence-corrected chi connectivity index (χ0v) is 20.1. The largest absolute Gasteiger partial charge is 0.0776 e. The number of benzene rings is 2. The Labute approximate surface area is 193 Å². The van der Waals surface area contributed by atoms with Crippen molar-refractivity contribution in [3.05, 3.63) is 70.8 Å². The molecule has 0 saturated heterocycles. The van der Waals surface area contributed by atoms with Crippen LogP contribution >= 0.6 is 0 Å². The second kappa shape index (κ2) is 23.7. The third kappa shape index (κ3) is 16.3. The molecule has 0 spiro atoms. The fraction of sp³-hybridized carbons (Fsp3) is 0.600. The van der Waals surface area contributed by atoms with Crippen LogP contribution in [0, 0.1) is 0 Å². The molecule has 0 atom stereocenters. The monoisotopic (exact) mass is 418 g/mol. The van der Waals surface area contributed by atoms with Crippen LogP contribution in [0.2, 0.25) is 0 Å². The third-order valence-corrected chi connectivity index (χ3v) is 4.30. The van der Waals surface area contributed by atoms with Crippen molar-refractivity contribution in [1.29, 1.82) is 0 Å². The van der Waals surface area contributed by atoms with E-state index in [2.05, 4.69) is 97.0 Å². The Bertz CT molecular complexity index is 532. The minimum Gasteiger partial charge on any atom is -0.0776 e. The Hall–Kier alpha value is -1.56. The maximum atomic E-state index is 2.30. The average Bonchev–Trinajstić information content (AvgIpc) is 2.71. The summed E-state index contributed by atoms with van der Waals surface area (Å²) in [4.78, 5) is 0. The first-order valence-electron chi connectivity index (χ1n) is 11.0. The molecule has 0 aliphatic carbocycles. The van der Waals surface area contributed by atoms with Gasteiger partial charge in [-0.15, -0.1) is 0 Å². The van der Waals surface area contributed by atoms with E-state index in [0.29, 0.717) is 17.8 Å². The van der Waals surface area contributed by atoms with Gasteiger partial charge in [0.25, 0.3) is 0 Å². The summed E-state index contributed by atoms with van der Waals surface area (Å²) in [5.41, 5.74) is 5.75. The van der Waals surface area contributed by atoms with E-state index >= 15 is 0 Å². The molecule has 0 saturated carbocycles. The van der Waals surface area contributed by atoms with E-state index in [0.717, 1.165) is 6.42 Å². The third-order valence-electron chi connectivity index (χ3n) is 4.30. The van der Waals surface area contributed by atoms with Crippen LogP contribution in [-0.2, 0) is 6.42 Å². The highest BCUT2D eigenvalue weighted by Crippen LogP contribution is 2.19. The molecule has 0 bridgehead atoms. The molecule has 0 heteroatoms. The lowest BCUT2D eigenvalue weighted by Gasteiger charge is -2.08. The lowest BCUT2D eigenvalue weighted by Crippen LogP contribution is -1.90. The normalized spacial score (nSPS) is 8.73. The molecule has 0 aliphatic rings. The van der Waals surface area contributed by atoms with Gasteiger partial charge in [-0.05, 0) is 46.4 Å². The molecule has 0 aliphatic heterocycles. The molecule has 0 unspecified atom stereocenters. The van der Waals surface area contributed by atoms with Gasteiger partial charge in [-0.2, -0.15) is 0 Å². The van der Waals surface area contributed by atoms with Gasteiger partial charge >= 0.3 is 0 Å². The quantitative estimate of drug-likeness (QED) is 0.463. The van der Waals surface area contributed by atoms with Crippen LogP contribution in [0.25, 0.3) is 0 Å². The summed E-state index contributed by atoms with van der Waals surface area (Å²) in [6, 6.07) is 17.8. The molecule has 2 aromatic rings. The zero-order chi connectivity index (χ0) is 21.4. The van der Waals surface area contributed by atoms with Gasteiger partial charge in [-0.25, -0.2) is 0 Å². The molecule has 178 valence electrons. The molecule has 2 rings (SSSR count). The Morgan fingerprint density at radius 1 is 0.533 bits per heavy atom. The van der Waals surface area contributed by atoms with E-state index in [1.165, 1.54) is 22.3 Å². The first-order valence-corrected chi connectivity index (χ1v) is 11.0. The van der Waals surface area contributed by atoms with Crippen molar-refractivity contribution in [3.8, 4) is 0 Å². The van der Waals surface area contributed by atoms with Crippen LogP contribution < -0.4 is 0 Å². The molecule has 0 nitrogen and oxygen atoms in total. The zero-order valence-electron chi connectivity index (χ0n) is 20.1. The minimum absolute atomic E-state index is 0. The average molecular weight is 419 g/mol. The molecule has 2 aromatic carbocycles. The first-order chi connectivity index (χ1) is 12.8. The van der Waals surface area contributed by atoms with Crippen molar-refractivity contribution in [2.45, 2.75) is 123 Å². The van der Waals surface area contributed by atoms with E-state index in [9.17, 15) is 0 Å². The van der Waals surface area contributed by atoms with Crippen molar-refractivity contribution < 1.29 is 0 Å². The Kier molecular flexibility index (Phi) is 30.8. The van der Waals surface area contributed by atoms with Crippen molar-refractivity contribution in [3.63, 3.8) is 0 Å². The molecule has 0 N–H and O–H groups in total. The fourth-order valence-electron chi connectivity index (χ4n) is 2.44. The number of aryl methyl sites for hydroxylation is 1. The van der Waals surface area contributed by atoms with E-state index in [1.807, 2.05) is 27.7 Å². The summed E-state index contributed by atoms with van der Waals surface area (Å²) >= 11 is 0. The van der Waals surface area contributed by atoms with Crippen LogP contribution in [0.15, 0.2) is 48.5 Å². The summed E-state index contributed by atoms with van der Waals surface area (Å²) < 4.78 is 0. The lowest BCUT2D eigenvalue weighted by molar-refractivity contribution is 0.845. The van der Waals surface area contributed by atoms with Crippen LogP contribution in [0.3, 0.4) is 0 Å². The van der Waals surface area contributed by atoms with Gasteiger partial charge in [0, 0.05) is 0 Å². The number of hydrogen-bond donors (Lipinski definition) is 0. The second-order valence-corrected chi connectivity index (χ2v) is 7.23. The molecule has 0 radical (unpaired) electrons. The summed E-state index contributed by atoms with van der Waals surface area (Å²) in [6.45, 7) is 23.6. The van der Waals surface area contributed by atoms with E-state index < -0.39 is 0 Å². The number of rotatable bonds is 4. The Balaban J connectivity index is -0.000000110. The Morgan fingerprint density at radius 3 is 1.13 bits per heavy atom. The van der Waals surface area contributed by atoms with Crippen LogP contribution in [-0.4, -0.2) is 0 Å². The Morgan fingerprint density at radius 2 is 0.867 bits per heavy atom. The molecular weight excluding hydrogens is 360 g/mol.